The van der Waals surface area contributed by atoms with Crippen LogP contribution in [0.5, 0.6) is 0 Å². The third-order valence-electron chi connectivity index (χ3n) is 5.52. The largest absolute Gasteiger partial charge is 0.360 e. The molecule has 0 saturated carbocycles. The number of carbonyl (C=O) groups excluding carboxylic acids is 1. The summed E-state index contributed by atoms with van der Waals surface area (Å²) in [6.45, 7) is 6.19. The molecule has 0 spiro atoms. The first-order valence-electron chi connectivity index (χ1n) is 10.00. The Hall–Kier alpha value is -3.22. The van der Waals surface area contributed by atoms with E-state index in [4.69, 9.17) is 0 Å². The minimum Gasteiger partial charge on any atom is -0.360 e. The number of fused-ring (bicyclic) bond motifs is 1. The normalized spacial score (nSPS) is 13.3. The summed E-state index contributed by atoms with van der Waals surface area (Å²) in [6, 6.07) is 10.2. The highest BCUT2D eigenvalue weighted by molar-refractivity contribution is 5.95. The maximum atomic E-state index is 14.4. The van der Waals surface area contributed by atoms with Crippen molar-refractivity contribution in [2.75, 3.05) is 23.3 Å². The van der Waals surface area contributed by atoms with Crippen molar-refractivity contribution in [3.63, 3.8) is 0 Å². The second kappa shape index (κ2) is 7.89. The van der Waals surface area contributed by atoms with Gasteiger partial charge in [-0.25, -0.2) is 13.5 Å². The Labute approximate surface area is 174 Å². The van der Waals surface area contributed by atoms with Crippen molar-refractivity contribution >= 4 is 17.3 Å². The van der Waals surface area contributed by atoms with Gasteiger partial charge in [-0.3, -0.25) is 4.79 Å². The van der Waals surface area contributed by atoms with E-state index in [0.717, 1.165) is 29.1 Å². The first kappa shape index (κ1) is 20.1. The van der Waals surface area contributed by atoms with E-state index in [2.05, 4.69) is 10.4 Å². The summed E-state index contributed by atoms with van der Waals surface area (Å²) >= 11 is 0. The molecule has 1 N–H and O–H groups in total. The van der Waals surface area contributed by atoms with Crippen molar-refractivity contribution in [3.8, 4) is 5.69 Å². The van der Waals surface area contributed by atoms with Crippen LogP contribution in [-0.2, 0) is 11.2 Å². The number of anilines is 2. The lowest BCUT2D eigenvalue weighted by Gasteiger charge is -2.31. The molecule has 0 atom stereocenters. The molecule has 0 fully saturated rings. The Morgan fingerprint density at radius 2 is 1.77 bits per heavy atom. The van der Waals surface area contributed by atoms with Crippen LogP contribution in [0.15, 0.2) is 36.4 Å². The maximum Gasteiger partial charge on any atom is 0.243 e. The van der Waals surface area contributed by atoms with Crippen molar-refractivity contribution in [2.45, 2.75) is 33.6 Å². The van der Waals surface area contributed by atoms with Crippen molar-refractivity contribution in [1.82, 2.24) is 9.78 Å². The van der Waals surface area contributed by atoms with E-state index in [1.165, 1.54) is 0 Å². The number of aryl methyl sites for hydroxylation is 2. The Morgan fingerprint density at radius 1 is 1.07 bits per heavy atom. The fraction of sp³-hybridized carbons (Fsp3) is 0.304. The third-order valence-corrected chi connectivity index (χ3v) is 5.52. The fourth-order valence-electron chi connectivity index (χ4n) is 3.99. The number of benzene rings is 2. The number of hydrogen-bond donors (Lipinski definition) is 1. The number of rotatable bonds is 4. The smallest absolute Gasteiger partial charge is 0.243 e. The molecule has 30 heavy (non-hydrogen) atoms. The molecule has 3 aromatic rings. The predicted octanol–water partition coefficient (Wildman–Crippen LogP) is 4.47. The highest BCUT2D eigenvalue weighted by Gasteiger charge is 2.26. The predicted molar refractivity (Wildman–Crippen MR) is 113 cm³/mol. The lowest BCUT2D eigenvalue weighted by atomic mass is 10.0. The topological polar surface area (TPSA) is 50.2 Å². The molecule has 1 amide bonds. The van der Waals surface area contributed by atoms with Gasteiger partial charge in [-0.15, -0.1) is 0 Å². The number of carbonyl (C=O) groups is 1. The SMILES string of the molecule is Cc1ccc(-n2nc(C)c(NC(=O)CN3CCCc4c(F)ccc(F)c43)c2C)cc1. The van der Waals surface area contributed by atoms with Crippen LogP contribution in [0.4, 0.5) is 20.2 Å². The van der Waals surface area contributed by atoms with Gasteiger partial charge in [0.2, 0.25) is 5.91 Å². The molecule has 2 aromatic carbocycles. The lowest BCUT2D eigenvalue weighted by Crippen LogP contribution is -2.38. The summed E-state index contributed by atoms with van der Waals surface area (Å²) in [5.74, 6) is -1.22. The molecule has 2 heterocycles. The molecule has 0 radical (unpaired) electrons. The van der Waals surface area contributed by atoms with Gasteiger partial charge in [-0.1, -0.05) is 17.7 Å². The molecular weight excluding hydrogens is 386 g/mol. The molecule has 5 nitrogen and oxygen atoms in total. The second-order valence-corrected chi connectivity index (χ2v) is 7.72. The molecule has 156 valence electrons. The van der Waals surface area contributed by atoms with Crippen molar-refractivity contribution < 1.29 is 13.6 Å². The van der Waals surface area contributed by atoms with Crippen LogP contribution >= 0.6 is 0 Å². The third kappa shape index (κ3) is 3.67. The Balaban J connectivity index is 1.55. The minimum atomic E-state index is -0.501. The van der Waals surface area contributed by atoms with E-state index < -0.39 is 11.6 Å². The van der Waals surface area contributed by atoms with Crippen LogP contribution < -0.4 is 10.2 Å². The van der Waals surface area contributed by atoms with E-state index in [0.29, 0.717) is 36.3 Å². The number of aromatic nitrogens is 2. The Bertz CT molecular complexity index is 1110. The summed E-state index contributed by atoms with van der Waals surface area (Å²) in [5, 5.41) is 7.46. The van der Waals surface area contributed by atoms with Crippen molar-refractivity contribution in [2.24, 2.45) is 0 Å². The summed E-state index contributed by atoms with van der Waals surface area (Å²) in [6.07, 6.45) is 1.14. The first-order valence-corrected chi connectivity index (χ1v) is 10.00. The van der Waals surface area contributed by atoms with Crippen molar-refractivity contribution in [3.05, 3.63) is 70.5 Å². The van der Waals surface area contributed by atoms with Crippen LogP contribution in [0.1, 0.15) is 28.9 Å². The van der Waals surface area contributed by atoms with Crippen LogP contribution in [0.2, 0.25) is 0 Å². The van der Waals surface area contributed by atoms with E-state index in [9.17, 15) is 13.6 Å². The first-order chi connectivity index (χ1) is 14.3. The van der Waals surface area contributed by atoms with Gasteiger partial charge >= 0.3 is 0 Å². The molecule has 4 rings (SSSR count). The lowest BCUT2D eigenvalue weighted by molar-refractivity contribution is -0.115. The van der Waals surface area contributed by atoms with Gasteiger partial charge in [0.25, 0.3) is 0 Å². The van der Waals surface area contributed by atoms with Crippen LogP contribution in [0.25, 0.3) is 5.69 Å². The number of amides is 1. The molecule has 7 heteroatoms. The van der Waals surface area contributed by atoms with E-state index in [1.807, 2.05) is 45.0 Å². The van der Waals surface area contributed by atoms with Gasteiger partial charge in [-0.05, 0) is 57.9 Å². The summed E-state index contributed by atoms with van der Waals surface area (Å²) < 4.78 is 30.3. The minimum absolute atomic E-state index is 0.0536. The van der Waals surface area contributed by atoms with E-state index >= 15 is 0 Å². The van der Waals surface area contributed by atoms with Crippen LogP contribution in [0, 0.1) is 32.4 Å². The number of nitrogens with one attached hydrogen (secondary N) is 1. The van der Waals surface area contributed by atoms with Crippen LogP contribution in [-0.4, -0.2) is 28.8 Å². The molecule has 0 saturated heterocycles. The monoisotopic (exact) mass is 410 g/mol. The zero-order valence-corrected chi connectivity index (χ0v) is 17.3. The summed E-state index contributed by atoms with van der Waals surface area (Å²) in [5.41, 5.74) is 4.73. The Kier molecular flexibility index (Phi) is 5.28. The van der Waals surface area contributed by atoms with Gasteiger partial charge in [-0.2, -0.15) is 5.10 Å². The molecule has 1 aromatic heterocycles. The zero-order chi connectivity index (χ0) is 21.4. The van der Waals surface area contributed by atoms with Gasteiger partial charge < -0.3 is 10.2 Å². The van der Waals surface area contributed by atoms with Crippen LogP contribution in [0.3, 0.4) is 0 Å². The molecule has 0 unspecified atom stereocenters. The van der Waals surface area contributed by atoms with Gasteiger partial charge in [0.15, 0.2) is 0 Å². The molecular formula is C23H24F2N4O. The van der Waals surface area contributed by atoms with Gasteiger partial charge in [0.05, 0.1) is 35.0 Å². The second-order valence-electron chi connectivity index (χ2n) is 7.72. The number of halogens is 2. The average molecular weight is 410 g/mol. The van der Waals surface area contributed by atoms with E-state index in [1.54, 1.807) is 9.58 Å². The van der Waals surface area contributed by atoms with Crippen molar-refractivity contribution in [1.29, 1.82) is 0 Å². The fourth-order valence-corrected chi connectivity index (χ4v) is 3.99. The molecule has 1 aliphatic heterocycles. The molecule has 0 aliphatic carbocycles. The molecule has 1 aliphatic rings. The Morgan fingerprint density at radius 3 is 2.50 bits per heavy atom. The van der Waals surface area contributed by atoms with Gasteiger partial charge in [0.1, 0.15) is 11.6 Å². The molecule has 0 bridgehead atoms. The summed E-state index contributed by atoms with van der Waals surface area (Å²) in [4.78, 5) is 14.4. The number of nitrogens with zero attached hydrogens (tertiary/aromatic N) is 3. The maximum absolute atomic E-state index is 14.4. The van der Waals surface area contributed by atoms with E-state index in [-0.39, 0.29) is 18.1 Å². The zero-order valence-electron chi connectivity index (χ0n) is 17.3. The highest BCUT2D eigenvalue weighted by Crippen LogP contribution is 2.32. The summed E-state index contributed by atoms with van der Waals surface area (Å²) in [7, 11) is 0. The standard InChI is InChI=1S/C23H24F2N4O/c1-14-6-8-17(9-7-14)29-16(3)22(15(2)27-29)26-21(30)13-28-12-4-5-18-19(24)10-11-20(25)23(18)28/h6-11H,4-5,12-13H2,1-3H3,(H,26,30). The highest BCUT2D eigenvalue weighted by atomic mass is 19.1. The number of hydrogen-bond acceptors (Lipinski definition) is 3. The quantitative estimate of drug-likeness (QED) is 0.691. The van der Waals surface area contributed by atoms with Gasteiger partial charge in [0, 0.05) is 12.1 Å². The average Bonchev–Trinajstić information content (AvgIpc) is 2.99.